The minimum absolute atomic E-state index is 0.0777. The first kappa shape index (κ1) is 10.2. The highest BCUT2D eigenvalue weighted by Crippen LogP contribution is 1.87. The number of rotatable bonds is 3. The Morgan fingerprint density at radius 1 is 1.55 bits per heavy atom. The monoisotopic (exact) mass is 174 g/mol. The van der Waals surface area contributed by atoms with Gasteiger partial charge in [0.05, 0.1) is 5.75 Å². The molecule has 3 nitrogen and oxygen atoms in total. The van der Waals surface area contributed by atoms with Gasteiger partial charge in [0.25, 0.3) is 0 Å². The van der Waals surface area contributed by atoms with Gasteiger partial charge in [-0.15, -0.1) is 0 Å². The summed E-state index contributed by atoms with van der Waals surface area (Å²) >= 11 is 3.63. The van der Waals surface area contributed by atoms with Gasteiger partial charge < -0.3 is 4.74 Å². The zero-order valence-corrected chi connectivity index (χ0v) is 7.14. The quantitative estimate of drug-likeness (QED) is 0.300. The molecule has 0 radical (unpaired) electrons. The van der Waals surface area contributed by atoms with Gasteiger partial charge in [0.15, 0.2) is 0 Å². The van der Waals surface area contributed by atoms with Gasteiger partial charge in [0.2, 0.25) is 0 Å². The molecule has 62 valence electrons. The Morgan fingerprint density at radius 3 is 2.64 bits per heavy atom. The first-order valence-electron chi connectivity index (χ1n) is 3.22. The van der Waals surface area contributed by atoms with Crippen molar-refractivity contribution in [3.8, 4) is 0 Å². The molecule has 0 saturated heterocycles. The maximum atomic E-state index is 10.6. The summed E-state index contributed by atoms with van der Waals surface area (Å²) in [5, 5.41) is 0. The topological polar surface area (TPSA) is 43.4 Å². The lowest BCUT2D eigenvalue weighted by Crippen LogP contribution is -2.10. The van der Waals surface area contributed by atoms with Crippen LogP contribution < -0.4 is 0 Å². The van der Waals surface area contributed by atoms with E-state index in [0.717, 1.165) is 6.42 Å². The van der Waals surface area contributed by atoms with Crippen molar-refractivity contribution in [1.82, 2.24) is 0 Å². The molecule has 11 heavy (non-hydrogen) atoms. The van der Waals surface area contributed by atoms with E-state index in [1.807, 2.05) is 6.92 Å². The normalized spacial score (nSPS) is 10.0. The predicted octanol–water partition coefficient (Wildman–Crippen LogP) is 0.952. The van der Waals surface area contributed by atoms with Gasteiger partial charge in [-0.1, -0.05) is 13.0 Å². The lowest BCUT2D eigenvalue weighted by atomic mass is 10.4. The number of hydrogen-bond donors (Lipinski definition) is 1. The molecule has 0 aromatic carbocycles. The SMILES string of the molecule is CCC=CC(=O)OC(=O)CS. The van der Waals surface area contributed by atoms with Crippen LogP contribution >= 0.6 is 12.6 Å². The second kappa shape index (κ2) is 5.97. The molecular weight excluding hydrogens is 164 g/mol. The molecule has 0 fully saturated rings. The van der Waals surface area contributed by atoms with Crippen molar-refractivity contribution in [3.05, 3.63) is 12.2 Å². The van der Waals surface area contributed by atoms with E-state index in [9.17, 15) is 9.59 Å². The largest absolute Gasteiger partial charge is 0.389 e. The highest BCUT2D eigenvalue weighted by molar-refractivity contribution is 7.81. The molecule has 0 atom stereocenters. The van der Waals surface area contributed by atoms with E-state index in [1.54, 1.807) is 6.08 Å². The van der Waals surface area contributed by atoms with Crippen LogP contribution in [0.15, 0.2) is 12.2 Å². The van der Waals surface area contributed by atoms with Crippen molar-refractivity contribution in [2.75, 3.05) is 5.75 Å². The summed E-state index contributed by atoms with van der Waals surface area (Å²) in [4.78, 5) is 21.0. The van der Waals surface area contributed by atoms with Crippen molar-refractivity contribution >= 4 is 24.6 Å². The van der Waals surface area contributed by atoms with Crippen LogP contribution in [0.1, 0.15) is 13.3 Å². The maximum Gasteiger partial charge on any atom is 0.338 e. The van der Waals surface area contributed by atoms with Crippen LogP contribution in [0.5, 0.6) is 0 Å². The van der Waals surface area contributed by atoms with E-state index in [2.05, 4.69) is 17.4 Å². The molecule has 0 amide bonds. The molecular formula is C7H10O3S. The standard InChI is InChI=1S/C7H10O3S/c1-2-3-4-6(8)10-7(9)5-11/h3-4,11H,2,5H2,1H3. The molecule has 0 N–H and O–H groups in total. The minimum atomic E-state index is -0.633. The summed E-state index contributed by atoms with van der Waals surface area (Å²) in [6.07, 6.45) is 3.58. The Kier molecular flexibility index (Phi) is 5.56. The Labute approximate surface area is 70.8 Å². The maximum absolute atomic E-state index is 10.6. The van der Waals surface area contributed by atoms with Crippen LogP contribution in [0, 0.1) is 0 Å². The van der Waals surface area contributed by atoms with E-state index in [-0.39, 0.29) is 5.75 Å². The first-order valence-corrected chi connectivity index (χ1v) is 3.86. The average molecular weight is 174 g/mol. The zero-order valence-electron chi connectivity index (χ0n) is 6.24. The van der Waals surface area contributed by atoms with Crippen molar-refractivity contribution in [2.45, 2.75) is 13.3 Å². The molecule has 0 aromatic rings. The molecule has 0 spiro atoms. The fourth-order valence-electron chi connectivity index (χ4n) is 0.393. The Morgan fingerprint density at radius 2 is 2.18 bits per heavy atom. The van der Waals surface area contributed by atoms with E-state index in [4.69, 9.17) is 0 Å². The van der Waals surface area contributed by atoms with Gasteiger partial charge in [-0.25, -0.2) is 4.79 Å². The van der Waals surface area contributed by atoms with Gasteiger partial charge in [0.1, 0.15) is 0 Å². The predicted molar refractivity (Wildman–Crippen MR) is 44.4 cm³/mol. The number of carbonyl (C=O) groups is 2. The Balaban J connectivity index is 3.69. The zero-order chi connectivity index (χ0) is 8.69. The molecule has 0 heterocycles. The number of ether oxygens (including phenoxy) is 1. The Bertz CT molecular complexity index is 175. The molecule has 0 unspecified atom stereocenters. The molecule has 4 heteroatoms. The highest BCUT2D eigenvalue weighted by Gasteiger charge is 2.03. The number of allylic oxidation sites excluding steroid dienone is 1. The van der Waals surface area contributed by atoms with Crippen molar-refractivity contribution in [2.24, 2.45) is 0 Å². The third-order valence-electron chi connectivity index (χ3n) is 0.833. The van der Waals surface area contributed by atoms with Crippen molar-refractivity contribution in [3.63, 3.8) is 0 Å². The highest BCUT2D eigenvalue weighted by atomic mass is 32.1. The van der Waals surface area contributed by atoms with Gasteiger partial charge in [0, 0.05) is 6.08 Å². The molecule has 0 aromatic heterocycles. The van der Waals surface area contributed by atoms with Crippen molar-refractivity contribution in [1.29, 1.82) is 0 Å². The van der Waals surface area contributed by atoms with Gasteiger partial charge >= 0.3 is 11.9 Å². The summed E-state index contributed by atoms with van der Waals surface area (Å²) in [5.74, 6) is -1.34. The first-order chi connectivity index (χ1) is 5.20. The van der Waals surface area contributed by atoms with E-state index in [1.165, 1.54) is 6.08 Å². The van der Waals surface area contributed by atoms with Crippen LogP contribution in [-0.4, -0.2) is 17.7 Å². The minimum Gasteiger partial charge on any atom is -0.389 e. The fraction of sp³-hybridized carbons (Fsp3) is 0.429. The third-order valence-corrected chi connectivity index (χ3v) is 1.09. The molecule has 0 aliphatic heterocycles. The Hall–Kier alpha value is -0.770. The molecule has 0 rings (SSSR count). The molecule has 0 saturated carbocycles. The smallest absolute Gasteiger partial charge is 0.338 e. The average Bonchev–Trinajstić information content (AvgIpc) is 2.00. The summed E-state index contributed by atoms with van der Waals surface area (Å²) in [6, 6.07) is 0. The molecule has 0 bridgehead atoms. The van der Waals surface area contributed by atoms with Gasteiger partial charge in [-0.3, -0.25) is 4.79 Å². The number of hydrogen-bond acceptors (Lipinski definition) is 4. The van der Waals surface area contributed by atoms with Gasteiger partial charge in [-0.05, 0) is 6.42 Å². The van der Waals surface area contributed by atoms with Crippen LogP contribution in [0.4, 0.5) is 0 Å². The van der Waals surface area contributed by atoms with Crippen LogP contribution in [0.2, 0.25) is 0 Å². The van der Waals surface area contributed by atoms with Crippen LogP contribution in [0.3, 0.4) is 0 Å². The fourth-order valence-corrected chi connectivity index (χ4v) is 0.457. The summed E-state index contributed by atoms with van der Waals surface area (Å²) < 4.78 is 4.26. The summed E-state index contributed by atoms with van der Waals surface area (Å²) in [7, 11) is 0. The number of esters is 2. The third kappa shape index (κ3) is 5.66. The summed E-state index contributed by atoms with van der Waals surface area (Å²) in [5.41, 5.74) is 0. The van der Waals surface area contributed by atoms with Crippen LogP contribution in [-0.2, 0) is 14.3 Å². The second-order valence-electron chi connectivity index (χ2n) is 1.76. The lowest BCUT2D eigenvalue weighted by Gasteiger charge is -1.93. The molecule has 0 aliphatic rings. The molecule has 0 aliphatic carbocycles. The van der Waals surface area contributed by atoms with E-state index < -0.39 is 11.9 Å². The number of carbonyl (C=O) groups excluding carboxylic acids is 2. The van der Waals surface area contributed by atoms with Crippen LogP contribution in [0.25, 0.3) is 0 Å². The van der Waals surface area contributed by atoms with Gasteiger partial charge in [-0.2, -0.15) is 12.6 Å². The van der Waals surface area contributed by atoms with E-state index in [0.29, 0.717) is 0 Å². The summed E-state index contributed by atoms with van der Waals surface area (Å²) in [6.45, 7) is 1.88. The van der Waals surface area contributed by atoms with E-state index >= 15 is 0 Å². The number of thiol groups is 1. The lowest BCUT2D eigenvalue weighted by molar-refractivity contribution is -0.154. The van der Waals surface area contributed by atoms with Crippen molar-refractivity contribution < 1.29 is 14.3 Å². The second-order valence-corrected chi connectivity index (χ2v) is 2.08.